The summed E-state index contributed by atoms with van der Waals surface area (Å²) < 4.78 is 28.0. The number of aliphatic hydroxyl groups is 1. The number of alkyl halides is 2. The quantitative estimate of drug-likeness (QED) is 0.752. The van der Waals surface area contributed by atoms with Crippen molar-refractivity contribution >= 4 is 0 Å². The van der Waals surface area contributed by atoms with Gasteiger partial charge in [-0.15, -0.1) is 6.42 Å². The molecule has 4 heteroatoms. The van der Waals surface area contributed by atoms with Crippen molar-refractivity contribution < 1.29 is 18.6 Å². The molecule has 1 atom stereocenters. The summed E-state index contributed by atoms with van der Waals surface area (Å²) in [5.41, 5.74) is 0.162. The van der Waals surface area contributed by atoms with Gasteiger partial charge < -0.3 is 9.84 Å². The Morgan fingerprint density at radius 2 is 2.00 bits per heavy atom. The van der Waals surface area contributed by atoms with Gasteiger partial charge in [-0.1, -0.05) is 24.1 Å². The van der Waals surface area contributed by atoms with E-state index in [-0.39, 0.29) is 11.3 Å². The molecule has 0 aliphatic heterocycles. The molecule has 0 saturated carbocycles. The van der Waals surface area contributed by atoms with E-state index in [0.717, 1.165) is 0 Å². The van der Waals surface area contributed by atoms with Crippen LogP contribution in [0.15, 0.2) is 24.3 Å². The Labute approximate surface area is 80.1 Å². The lowest BCUT2D eigenvalue weighted by Crippen LogP contribution is -2.06. The first-order valence-electron chi connectivity index (χ1n) is 3.83. The fourth-order valence-electron chi connectivity index (χ4n) is 1.000. The van der Waals surface area contributed by atoms with Gasteiger partial charge in [0.1, 0.15) is 11.9 Å². The van der Waals surface area contributed by atoms with Crippen LogP contribution in [0.4, 0.5) is 8.78 Å². The summed E-state index contributed by atoms with van der Waals surface area (Å²) in [6.45, 7) is -2.93. The highest BCUT2D eigenvalue weighted by Crippen LogP contribution is 2.25. The minimum atomic E-state index is -2.93. The number of aliphatic hydroxyl groups excluding tert-OH is 1. The van der Waals surface area contributed by atoms with Crippen LogP contribution < -0.4 is 4.74 Å². The highest BCUT2D eigenvalue weighted by atomic mass is 19.3. The van der Waals surface area contributed by atoms with Gasteiger partial charge in [0.05, 0.1) is 0 Å². The van der Waals surface area contributed by atoms with Crippen LogP contribution in [0.1, 0.15) is 11.7 Å². The lowest BCUT2D eigenvalue weighted by Gasteiger charge is -2.11. The summed E-state index contributed by atoms with van der Waals surface area (Å²) in [5.74, 6) is 1.92. The Balaban J connectivity index is 2.98. The van der Waals surface area contributed by atoms with E-state index in [2.05, 4.69) is 4.74 Å². The highest BCUT2D eigenvalue weighted by molar-refractivity contribution is 5.38. The number of halogens is 2. The third-order valence-electron chi connectivity index (χ3n) is 1.59. The van der Waals surface area contributed by atoms with Crippen molar-refractivity contribution in [2.45, 2.75) is 12.7 Å². The van der Waals surface area contributed by atoms with Crippen molar-refractivity contribution in [3.8, 4) is 18.1 Å². The molecule has 2 nitrogen and oxygen atoms in total. The second-order valence-electron chi connectivity index (χ2n) is 2.49. The molecule has 0 saturated heterocycles. The normalized spacial score (nSPS) is 12.2. The van der Waals surface area contributed by atoms with E-state index in [4.69, 9.17) is 6.42 Å². The highest BCUT2D eigenvalue weighted by Gasteiger charge is 2.13. The number of terminal acetylenes is 1. The molecule has 14 heavy (non-hydrogen) atoms. The van der Waals surface area contributed by atoms with E-state index >= 15 is 0 Å². The predicted octanol–water partition coefficient (Wildman–Crippen LogP) is 1.95. The first-order valence-corrected chi connectivity index (χ1v) is 3.83. The summed E-state index contributed by atoms with van der Waals surface area (Å²) in [4.78, 5) is 0. The molecule has 0 heterocycles. The fraction of sp³-hybridized carbons (Fsp3) is 0.200. The number of hydrogen-bond acceptors (Lipinski definition) is 2. The fourth-order valence-corrected chi connectivity index (χ4v) is 1.000. The zero-order valence-electron chi connectivity index (χ0n) is 7.15. The van der Waals surface area contributed by atoms with Crippen molar-refractivity contribution in [2.24, 2.45) is 0 Å². The van der Waals surface area contributed by atoms with Gasteiger partial charge in [-0.05, 0) is 6.07 Å². The Morgan fingerprint density at radius 1 is 1.36 bits per heavy atom. The van der Waals surface area contributed by atoms with E-state index in [1.165, 1.54) is 18.2 Å². The Morgan fingerprint density at radius 3 is 2.57 bits per heavy atom. The maximum atomic E-state index is 11.9. The first-order chi connectivity index (χ1) is 6.65. The van der Waals surface area contributed by atoms with Crippen molar-refractivity contribution in [1.82, 2.24) is 0 Å². The summed E-state index contributed by atoms with van der Waals surface area (Å²) >= 11 is 0. The van der Waals surface area contributed by atoms with E-state index in [9.17, 15) is 13.9 Å². The van der Waals surface area contributed by atoms with Crippen LogP contribution in [-0.2, 0) is 0 Å². The average molecular weight is 198 g/mol. The van der Waals surface area contributed by atoms with E-state index in [0.29, 0.717) is 0 Å². The summed E-state index contributed by atoms with van der Waals surface area (Å²) in [5, 5.41) is 9.26. The molecule has 1 aromatic carbocycles. The SMILES string of the molecule is C#CC(O)c1ccccc1OC(F)F. The van der Waals surface area contributed by atoms with Crippen LogP contribution in [0.3, 0.4) is 0 Å². The molecule has 0 fully saturated rings. The number of benzene rings is 1. The number of para-hydroxylation sites is 1. The molecule has 1 aromatic rings. The molecular weight excluding hydrogens is 190 g/mol. The molecule has 0 amide bonds. The largest absolute Gasteiger partial charge is 0.434 e. The first kappa shape index (κ1) is 10.5. The van der Waals surface area contributed by atoms with Gasteiger partial charge in [-0.2, -0.15) is 8.78 Å². The molecule has 0 bridgehead atoms. The van der Waals surface area contributed by atoms with Gasteiger partial charge in [0, 0.05) is 5.56 Å². The van der Waals surface area contributed by atoms with Crippen molar-refractivity contribution in [3.63, 3.8) is 0 Å². The van der Waals surface area contributed by atoms with Gasteiger partial charge in [0.25, 0.3) is 0 Å². The van der Waals surface area contributed by atoms with Crippen LogP contribution >= 0.6 is 0 Å². The smallest absolute Gasteiger partial charge is 0.387 e. The third-order valence-corrected chi connectivity index (χ3v) is 1.59. The van der Waals surface area contributed by atoms with E-state index in [1.54, 1.807) is 6.07 Å². The van der Waals surface area contributed by atoms with Gasteiger partial charge in [-0.25, -0.2) is 0 Å². The lowest BCUT2D eigenvalue weighted by atomic mass is 10.1. The van der Waals surface area contributed by atoms with Crippen LogP contribution in [-0.4, -0.2) is 11.7 Å². The molecule has 0 aromatic heterocycles. The molecule has 1 unspecified atom stereocenters. The minimum absolute atomic E-state index is 0.104. The molecule has 0 spiro atoms. The van der Waals surface area contributed by atoms with Crippen LogP contribution in [0.5, 0.6) is 5.75 Å². The monoisotopic (exact) mass is 198 g/mol. The minimum Gasteiger partial charge on any atom is -0.434 e. The second-order valence-corrected chi connectivity index (χ2v) is 2.49. The van der Waals surface area contributed by atoms with Crippen LogP contribution in [0.2, 0.25) is 0 Å². The maximum absolute atomic E-state index is 11.9. The van der Waals surface area contributed by atoms with Gasteiger partial charge in [0.2, 0.25) is 0 Å². The standard InChI is InChI=1S/C10H8F2O2/c1-2-8(13)7-5-3-4-6-9(7)14-10(11)12/h1,3-6,8,10,13H. The van der Waals surface area contributed by atoms with Crippen molar-refractivity contribution in [2.75, 3.05) is 0 Å². The van der Waals surface area contributed by atoms with Gasteiger partial charge in [0.15, 0.2) is 0 Å². The topological polar surface area (TPSA) is 29.5 Å². The molecule has 0 aliphatic carbocycles. The zero-order chi connectivity index (χ0) is 10.6. The number of hydrogen-bond donors (Lipinski definition) is 1. The lowest BCUT2D eigenvalue weighted by molar-refractivity contribution is -0.0511. The number of ether oxygens (including phenoxy) is 1. The van der Waals surface area contributed by atoms with Gasteiger partial charge in [-0.3, -0.25) is 0 Å². The van der Waals surface area contributed by atoms with Crippen molar-refractivity contribution in [1.29, 1.82) is 0 Å². The molecule has 1 rings (SSSR count). The second kappa shape index (κ2) is 4.58. The molecule has 74 valence electrons. The van der Waals surface area contributed by atoms with Crippen LogP contribution in [0.25, 0.3) is 0 Å². The van der Waals surface area contributed by atoms with Crippen LogP contribution in [0, 0.1) is 12.3 Å². The summed E-state index contributed by atoms with van der Waals surface area (Å²) in [6, 6.07) is 5.85. The Kier molecular flexibility index (Phi) is 3.43. The van der Waals surface area contributed by atoms with Crippen molar-refractivity contribution in [3.05, 3.63) is 29.8 Å². The average Bonchev–Trinajstić information content (AvgIpc) is 2.16. The molecule has 0 radical (unpaired) electrons. The third kappa shape index (κ3) is 2.44. The predicted molar refractivity (Wildman–Crippen MR) is 46.9 cm³/mol. The van der Waals surface area contributed by atoms with E-state index in [1.807, 2.05) is 5.92 Å². The summed E-state index contributed by atoms with van der Waals surface area (Å²) in [6.07, 6.45) is 3.73. The van der Waals surface area contributed by atoms with E-state index < -0.39 is 12.7 Å². The Bertz CT molecular complexity index is 344. The molecule has 1 N–H and O–H groups in total. The maximum Gasteiger partial charge on any atom is 0.387 e. The molecular formula is C10H8F2O2. The summed E-state index contributed by atoms with van der Waals surface area (Å²) in [7, 11) is 0. The van der Waals surface area contributed by atoms with Gasteiger partial charge >= 0.3 is 6.61 Å². The zero-order valence-corrected chi connectivity index (χ0v) is 7.15. The molecule has 0 aliphatic rings. The number of rotatable bonds is 3. The Hall–Kier alpha value is -1.60.